The zero-order valence-electron chi connectivity index (χ0n) is 14.0. The molecule has 1 amide bonds. The van der Waals surface area contributed by atoms with E-state index in [9.17, 15) is 4.79 Å². The molecule has 25 heavy (non-hydrogen) atoms. The molecule has 2 N–H and O–H groups in total. The molecule has 0 bridgehead atoms. The molecule has 3 aromatic rings. The summed E-state index contributed by atoms with van der Waals surface area (Å²) in [4.78, 5) is 29.3. The van der Waals surface area contributed by atoms with Crippen molar-refractivity contribution in [3.63, 3.8) is 0 Å². The van der Waals surface area contributed by atoms with Crippen LogP contribution in [0.1, 0.15) is 41.6 Å². The molecule has 0 unspecified atom stereocenters. The van der Waals surface area contributed by atoms with Gasteiger partial charge >= 0.3 is 0 Å². The standard InChI is InChI=1S/C17H18N6O2/c1-10-21-14(23-17(2)4-5-17)13-12(8-25-16(13)22-10)15(24)19-7-11-3-6-18-9-20-11/h3,6,8-9H,4-5,7H2,1-2H3,(H,19,24)(H,21,22,23). The van der Waals surface area contributed by atoms with Gasteiger partial charge in [0.15, 0.2) is 0 Å². The fourth-order valence-corrected chi connectivity index (χ4v) is 2.59. The predicted molar refractivity (Wildman–Crippen MR) is 91.0 cm³/mol. The molecule has 8 nitrogen and oxygen atoms in total. The largest absolute Gasteiger partial charge is 0.445 e. The quantitative estimate of drug-likeness (QED) is 0.734. The normalized spacial score (nSPS) is 15.1. The van der Waals surface area contributed by atoms with Gasteiger partial charge in [0, 0.05) is 11.7 Å². The molecule has 1 aliphatic carbocycles. The summed E-state index contributed by atoms with van der Waals surface area (Å²) in [6.07, 6.45) is 6.66. The van der Waals surface area contributed by atoms with Gasteiger partial charge < -0.3 is 15.1 Å². The Kier molecular flexibility index (Phi) is 3.60. The molecule has 0 aliphatic heterocycles. The molecular weight excluding hydrogens is 320 g/mol. The second kappa shape index (κ2) is 5.80. The van der Waals surface area contributed by atoms with Crippen molar-refractivity contribution in [2.45, 2.75) is 38.8 Å². The van der Waals surface area contributed by atoms with Gasteiger partial charge in [0.1, 0.15) is 24.2 Å². The average molecular weight is 338 g/mol. The van der Waals surface area contributed by atoms with E-state index >= 15 is 0 Å². The maximum Gasteiger partial charge on any atom is 0.255 e. The molecule has 3 aromatic heterocycles. The summed E-state index contributed by atoms with van der Waals surface area (Å²) in [5.74, 6) is 0.985. The van der Waals surface area contributed by atoms with E-state index in [1.165, 1.54) is 12.6 Å². The van der Waals surface area contributed by atoms with Crippen LogP contribution in [0.4, 0.5) is 5.82 Å². The summed E-state index contributed by atoms with van der Waals surface area (Å²) >= 11 is 0. The second-order valence-electron chi connectivity index (χ2n) is 6.52. The first kappa shape index (κ1) is 15.5. The van der Waals surface area contributed by atoms with Gasteiger partial charge in [0.25, 0.3) is 5.91 Å². The summed E-state index contributed by atoms with van der Waals surface area (Å²) in [6, 6.07) is 1.75. The van der Waals surface area contributed by atoms with Crippen LogP contribution in [0.25, 0.3) is 11.1 Å². The summed E-state index contributed by atoms with van der Waals surface area (Å²) in [5.41, 5.74) is 1.58. The molecule has 0 atom stereocenters. The van der Waals surface area contributed by atoms with E-state index < -0.39 is 0 Å². The third-order valence-corrected chi connectivity index (χ3v) is 4.28. The van der Waals surface area contributed by atoms with Gasteiger partial charge in [-0.15, -0.1) is 0 Å². The molecule has 8 heteroatoms. The molecule has 0 aromatic carbocycles. The van der Waals surface area contributed by atoms with E-state index in [4.69, 9.17) is 4.42 Å². The third-order valence-electron chi connectivity index (χ3n) is 4.28. The number of nitrogens with zero attached hydrogens (tertiary/aromatic N) is 4. The maximum absolute atomic E-state index is 12.6. The van der Waals surface area contributed by atoms with Crippen LogP contribution in [0.2, 0.25) is 0 Å². The Balaban J connectivity index is 1.63. The summed E-state index contributed by atoms with van der Waals surface area (Å²) in [6.45, 7) is 4.24. The van der Waals surface area contributed by atoms with Gasteiger partial charge in [-0.2, -0.15) is 4.98 Å². The zero-order chi connectivity index (χ0) is 17.4. The van der Waals surface area contributed by atoms with E-state index in [1.807, 2.05) is 0 Å². The highest BCUT2D eigenvalue weighted by Crippen LogP contribution is 2.39. The van der Waals surface area contributed by atoms with Crippen LogP contribution in [0.15, 0.2) is 29.3 Å². The Morgan fingerprint density at radius 2 is 2.20 bits per heavy atom. The van der Waals surface area contributed by atoms with Gasteiger partial charge in [0.05, 0.1) is 23.2 Å². The van der Waals surface area contributed by atoms with E-state index in [-0.39, 0.29) is 11.4 Å². The van der Waals surface area contributed by atoms with Crippen LogP contribution < -0.4 is 10.6 Å². The Hall–Kier alpha value is -3.03. The molecule has 1 aliphatic rings. The predicted octanol–water partition coefficient (Wildman–Crippen LogP) is 2.22. The lowest BCUT2D eigenvalue weighted by molar-refractivity contribution is 0.0951. The van der Waals surface area contributed by atoms with Gasteiger partial charge in [-0.3, -0.25) is 4.79 Å². The third kappa shape index (κ3) is 3.15. The van der Waals surface area contributed by atoms with Gasteiger partial charge in [-0.1, -0.05) is 0 Å². The van der Waals surface area contributed by atoms with Crippen molar-refractivity contribution < 1.29 is 9.21 Å². The highest BCUT2D eigenvalue weighted by Gasteiger charge is 2.38. The highest BCUT2D eigenvalue weighted by molar-refractivity contribution is 6.08. The Morgan fingerprint density at radius 3 is 2.92 bits per heavy atom. The fraction of sp³-hybridized carbons (Fsp3) is 0.353. The number of aromatic nitrogens is 4. The average Bonchev–Trinajstić information content (AvgIpc) is 3.16. The molecule has 1 saturated carbocycles. The number of nitrogens with one attached hydrogen (secondary N) is 2. The van der Waals surface area contributed by atoms with Crippen molar-refractivity contribution in [2.75, 3.05) is 5.32 Å². The number of anilines is 1. The number of aryl methyl sites for hydroxylation is 1. The minimum atomic E-state index is -0.256. The Labute approximate surface area is 144 Å². The van der Waals surface area contributed by atoms with Crippen LogP contribution in [-0.2, 0) is 6.54 Å². The number of fused-ring (bicyclic) bond motifs is 1. The molecule has 3 heterocycles. The number of carbonyl (C=O) groups is 1. The number of rotatable bonds is 5. The second-order valence-corrected chi connectivity index (χ2v) is 6.52. The lowest BCUT2D eigenvalue weighted by Gasteiger charge is -2.13. The first-order valence-electron chi connectivity index (χ1n) is 8.11. The maximum atomic E-state index is 12.6. The van der Waals surface area contributed by atoms with Crippen molar-refractivity contribution in [3.05, 3.63) is 41.9 Å². The van der Waals surface area contributed by atoms with Crippen LogP contribution in [0.5, 0.6) is 0 Å². The Bertz CT molecular complexity index is 933. The van der Waals surface area contributed by atoms with E-state index in [2.05, 4.69) is 37.5 Å². The molecule has 128 valence electrons. The lowest BCUT2D eigenvalue weighted by Crippen LogP contribution is -2.24. The molecule has 0 spiro atoms. The van der Waals surface area contributed by atoms with Gasteiger partial charge in [-0.25, -0.2) is 15.0 Å². The number of hydrogen-bond donors (Lipinski definition) is 2. The monoisotopic (exact) mass is 338 g/mol. The minimum Gasteiger partial charge on any atom is -0.445 e. The smallest absolute Gasteiger partial charge is 0.255 e. The van der Waals surface area contributed by atoms with Crippen molar-refractivity contribution in [1.82, 2.24) is 25.3 Å². The van der Waals surface area contributed by atoms with Crippen LogP contribution in [-0.4, -0.2) is 31.4 Å². The van der Waals surface area contributed by atoms with Crippen LogP contribution in [0.3, 0.4) is 0 Å². The lowest BCUT2D eigenvalue weighted by atomic mass is 10.2. The van der Waals surface area contributed by atoms with E-state index in [1.54, 1.807) is 19.2 Å². The van der Waals surface area contributed by atoms with Crippen molar-refractivity contribution in [1.29, 1.82) is 0 Å². The van der Waals surface area contributed by atoms with Gasteiger partial charge in [0.2, 0.25) is 5.71 Å². The highest BCUT2D eigenvalue weighted by atomic mass is 16.3. The molecule has 0 radical (unpaired) electrons. The molecule has 1 fully saturated rings. The molecular formula is C17H18N6O2. The van der Waals surface area contributed by atoms with Gasteiger partial charge in [-0.05, 0) is 32.8 Å². The zero-order valence-corrected chi connectivity index (χ0v) is 14.0. The fourth-order valence-electron chi connectivity index (χ4n) is 2.59. The van der Waals surface area contributed by atoms with Crippen LogP contribution >= 0.6 is 0 Å². The number of amides is 1. The van der Waals surface area contributed by atoms with Crippen molar-refractivity contribution >= 4 is 22.8 Å². The summed E-state index contributed by atoms with van der Waals surface area (Å²) < 4.78 is 5.50. The summed E-state index contributed by atoms with van der Waals surface area (Å²) in [5, 5.41) is 6.87. The Morgan fingerprint density at radius 1 is 1.36 bits per heavy atom. The van der Waals surface area contributed by atoms with E-state index in [0.29, 0.717) is 34.9 Å². The molecule has 0 saturated heterocycles. The SMILES string of the molecule is Cc1nc(NC2(C)CC2)c2c(C(=O)NCc3ccncn3)coc2n1. The van der Waals surface area contributed by atoms with Crippen molar-refractivity contribution in [3.8, 4) is 0 Å². The topological polar surface area (TPSA) is 106 Å². The number of furan rings is 1. The first-order valence-corrected chi connectivity index (χ1v) is 8.11. The van der Waals surface area contributed by atoms with Crippen LogP contribution in [0, 0.1) is 6.92 Å². The summed E-state index contributed by atoms with van der Waals surface area (Å²) in [7, 11) is 0. The minimum absolute atomic E-state index is 0.0275. The number of carbonyl (C=O) groups excluding carboxylic acids is 1. The van der Waals surface area contributed by atoms with Crippen molar-refractivity contribution in [2.24, 2.45) is 0 Å². The number of hydrogen-bond acceptors (Lipinski definition) is 7. The molecule has 4 rings (SSSR count). The first-order chi connectivity index (χ1) is 12.0. The van der Waals surface area contributed by atoms with E-state index in [0.717, 1.165) is 18.5 Å².